The van der Waals surface area contributed by atoms with Crippen molar-refractivity contribution in [3.05, 3.63) is 34.9 Å². The summed E-state index contributed by atoms with van der Waals surface area (Å²) in [5.41, 5.74) is 1.29. The number of benzene rings is 1. The van der Waals surface area contributed by atoms with Gasteiger partial charge in [-0.05, 0) is 44.6 Å². The van der Waals surface area contributed by atoms with E-state index in [-0.39, 0.29) is 29.5 Å². The Hall–Kier alpha value is -0.570. The Morgan fingerprint density at radius 2 is 1.83 bits per heavy atom. The van der Waals surface area contributed by atoms with E-state index in [9.17, 15) is 0 Å². The average molecular weight is 467 g/mol. The molecule has 0 aromatic heterocycles. The van der Waals surface area contributed by atoms with Crippen LogP contribution in [-0.2, 0) is 11.3 Å². The molecule has 24 heavy (non-hydrogen) atoms. The summed E-state index contributed by atoms with van der Waals surface area (Å²) in [5.74, 6) is 0.813. The van der Waals surface area contributed by atoms with Crippen LogP contribution in [0.25, 0.3) is 0 Å². The molecule has 0 unspecified atom stereocenters. The maximum atomic E-state index is 5.91. The monoisotopic (exact) mass is 466 g/mol. The molecular formula is C17H28ClIN4O. The smallest absolute Gasteiger partial charge is 0.191 e. The summed E-state index contributed by atoms with van der Waals surface area (Å²) in [4.78, 5) is 6.61. The molecule has 1 fully saturated rings. The normalized spacial score (nSPS) is 17.3. The molecule has 136 valence electrons. The van der Waals surface area contributed by atoms with Crippen LogP contribution in [0.15, 0.2) is 29.3 Å². The molecule has 7 heteroatoms. The van der Waals surface area contributed by atoms with Gasteiger partial charge in [-0.3, -0.25) is 4.99 Å². The first-order valence-corrected chi connectivity index (χ1v) is 8.38. The van der Waals surface area contributed by atoms with Crippen molar-refractivity contribution in [1.29, 1.82) is 0 Å². The van der Waals surface area contributed by atoms with E-state index >= 15 is 0 Å². The van der Waals surface area contributed by atoms with Gasteiger partial charge in [0, 0.05) is 43.9 Å². The number of guanidine groups is 1. The van der Waals surface area contributed by atoms with Gasteiger partial charge in [-0.1, -0.05) is 23.7 Å². The van der Waals surface area contributed by atoms with Gasteiger partial charge in [-0.15, -0.1) is 24.0 Å². The quantitative estimate of drug-likeness (QED) is 0.398. The third-order valence-electron chi connectivity index (χ3n) is 4.55. The van der Waals surface area contributed by atoms with Crippen LogP contribution in [0.4, 0.5) is 0 Å². The molecule has 1 aromatic rings. The highest BCUT2D eigenvalue weighted by Crippen LogP contribution is 2.24. The van der Waals surface area contributed by atoms with Crippen molar-refractivity contribution in [1.82, 2.24) is 15.5 Å². The van der Waals surface area contributed by atoms with Crippen LogP contribution in [0, 0.1) is 0 Å². The molecule has 0 bridgehead atoms. The lowest BCUT2D eigenvalue weighted by Gasteiger charge is -2.43. The summed E-state index contributed by atoms with van der Waals surface area (Å²) in [6.45, 7) is 3.20. The zero-order valence-electron chi connectivity index (χ0n) is 14.6. The van der Waals surface area contributed by atoms with Crippen molar-refractivity contribution in [3.8, 4) is 0 Å². The molecule has 5 nitrogen and oxygen atoms in total. The van der Waals surface area contributed by atoms with Crippen molar-refractivity contribution in [2.45, 2.75) is 24.9 Å². The summed E-state index contributed by atoms with van der Waals surface area (Å²) in [6.07, 6.45) is 2.06. The lowest BCUT2D eigenvalue weighted by molar-refractivity contribution is -0.00501. The number of nitrogens with zero attached hydrogens (tertiary/aromatic N) is 2. The number of ether oxygens (including phenoxy) is 1. The van der Waals surface area contributed by atoms with E-state index in [1.54, 1.807) is 7.05 Å². The second-order valence-electron chi connectivity index (χ2n) is 6.14. The van der Waals surface area contributed by atoms with Crippen molar-refractivity contribution in [2.75, 3.05) is 40.9 Å². The number of rotatable bonds is 5. The van der Waals surface area contributed by atoms with Crippen LogP contribution in [0.5, 0.6) is 0 Å². The second-order valence-corrected chi connectivity index (χ2v) is 6.57. The van der Waals surface area contributed by atoms with Crippen LogP contribution in [-0.4, -0.2) is 57.3 Å². The maximum absolute atomic E-state index is 5.91. The number of hydrogen-bond acceptors (Lipinski definition) is 3. The van der Waals surface area contributed by atoms with Gasteiger partial charge in [0.05, 0.1) is 0 Å². The van der Waals surface area contributed by atoms with E-state index in [0.717, 1.165) is 50.1 Å². The zero-order chi connectivity index (χ0) is 16.7. The van der Waals surface area contributed by atoms with Gasteiger partial charge in [-0.2, -0.15) is 0 Å². The fraction of sp³-hybridized carbons (Fsp3) is 0.588. The van der Waals surface area contributed by atoms with Crippen LogP contribution in [0.2, 0.25) is 5.02 Å². The predicted molar refractivity (Wildman–Crippen MR) is 112 cm³/mol. The average Bonchev–Trinajstić information content (AvgIpc) is 2.57. The summed E-state index contributed by atoms with van der Waals surface area (Å²) < 4.78 is 5.51. The molecule has 2 N–H and O–H groups in total. The number of aliphatic imine (C=N–C) groups is 1. The second kappa shape index (κ2) is 10.4. The molecule has 1 aromatic carbocycles. The Balaban J connectivity index is 0.00000288. The molecule has 0 atom stereocenters. The molecule has 2 rings (SSSR count). The standard InChI is InChI=1S/C17H27ClN4O.HI/c1-19-16(20-12-14-4-6-15(18)7-5-14)21-13-17(22(2)3)8-10-23-11-9-17;/h4-7H,8-13H2,1-3H3,(H2,19,20,21);1H. The third kappa shape index (κ3) is 6.06. The van der Waals surface area contributed by atoms with Crippen LogP contribution >= 0.6 is 35.6 Å². The Morgan fingerprint density at radius 3 is 2.38 bits per heavy atom. The van der Waals surface area contributed by atoms with Crippen molar-refractivity contribution in [2.24, 2.45) is 4.99 Å². The fourth-order valence-corrected chi connectivity index (χ4v) is 2.92. The minimum absolute atomic E-state index is 0. The van der Waals surface area contributed by atoms with Crippen LogP contribution in [0.1, 0.15) is 18.4 Å². The first-order valence-electron chi connectivity index (χ1n) is 8.00. The number of likely N-dealkylation sites (N-methyl/N-ethyl adjacent to an activating group) is 1. The first-order chi connectivity index (χ1) is 11.1. The summed E-state index contributed by atoms with van der Waals surface area (Å²) in [6, 6.07) is 7.83. The highest BCUT2D eigenvalue weighted by molar-refractivity contribution is 14.0. The van der Waals surface area contributed by atoms with Gasteiger partial charge >= 0.3 is 0 Å². The fourth-order valence-electron chi connectivity index (χ4n) is 2.79. The summed E-state index contributed by atoms with van der Waals surface area (Å²) in [7, 11) is 6.07. The van der Waals surface area contributed by atoms with E-state index in [1.165, 1.54) is 5.56 Å². The number of nitrogens with one attached hydrogen (secondary N) is 2. The largest absolute Gasteiger partial charge is 0.381 e. The van der Waals surface area contributed by atoms with E-state index in [1.807, 2.05) is 24.3 Å². The minimum atomic E-state index is 0. The van der Waals surface area contributed by atoms with Gasteiger partial charge in [-0.25, -0.2) is 0 Å². The highest BCUT2D eigenvalue weighted by atomic mass is 127. The Kier molecular flexibility index (Phi) is 9.33. The Labute approximate surface area is 167 Å². The lowest BCUT2D eigenvalue weighted by atomic mass is 9.88. The number of halogens is 2. The molecule has 1 saturated heterocycles. The van der Waals surface area contributed by atoms with Gasteiger partial charge in [0.1, 0.15) is 0 Å². The summed E-state index contributed by atoms with van der Waals surface area (Å²) in [5, 5.41) is 7.56. The van der Waals surface area contributed by atoms with Gasteiger partial charge < -0.3 is 20.3 Å². The van der Waals surface area contributed by atoms with Crippen LogP contribution in [0.3, 0.4) is 0 Å². The zero-order valence-corrected chi connectivity index (χ0v) is 17.7. The molecule has 0 amide bonds. The third-order valence-corrected chi connectivity index (χ3v) is 4.81. The SMILES string of the molecule is CN=C(NCc1ccc(Cl)cc1)NCC1(N(C)C)CCOCC1.I. The first kappa shape index (κ1) is 21.5. The summed E-state index contributed by atoms with van der Waals surface area (Å²) >= 11 is 5.91. The topological polar surface area (TPSA) is 48.9 Å². The van der Waals surface area contributed by atoms with E-state index in [2.05, 4.69) is 34.6 Å². The minimum Gasteiger partial charge on any atom is -0.381 e. The van der Waals surface area contributed by atoms with E-state index in [4.69, 9.17) is 16.3 Å². The highest BCUT2D eigenvalue weighted by Gasteiger charge is 2.34. The molecule has 1 heterocycles. The van der Waals surface area contributed by atoms with E-state index < -0.39 is 0 Å². The Bertz CT molecular complexity index is 516. The van der Waals surface area contributed by atoms with Crippen LogP contribution < -0.4 is 10.6 Å². The Morgan fingerprint density at radius 1 is 1.21 bits per heavy atom. The molecule has 0 spiro atoms. The van der Waals surface area contributed by atoms with Crippen molar-refractivity contribution < 1.29 is 4.74 Å². The molecule has 0 saturated carbocycles. The van der Waals surface area contributed by atoms with Gasteiger partial charge in [0.2, 0.25) is 0 Å². The number of hydrogen-bond donors (Lipinski definition) is 2. The molecule has 0 aliphatic carbocycles. The predicted octanol–water partition coefficient (Wildman–Crippen LogP) is 2.73. The molecule has 0 radical (unpaired) electrons. The molecular weight excluding hydrogens is 439 g/mol. The molecule has 1 aliphatic heterocycles. The van der Waals surface area contributed by atoms with E-state index in [0.29, 0.717) is 0 Å². The molecule has 1 aliphatic rings. The lowest BCUT2D eigenvalue weighted by Crippen LogP contribution is -2.57. The van der Waals surface area contributed by atoms with Crippen molar-refractivity contribution in [3.63, 3.8) is 0 Å². The van der Waals surface area contributed by atoms with Gasteiger partial charge in [0.15, 0.2) is 5.96 Å². The van der Waals surface area contributed by atoms with Gasteiger partial charge in [0.25, 0.3) is 0 Å². The van der Waals surface area contributed by atoms with Crippen molar-refractivity contribution >= 4 is 41.5 Å². The maximum Gasteiger partial charge on any atom is 0.191 e.